The first kappa shape index (κ1) is 70.8. The average molecular weight is 1040 g/mol. The number of hydrogen-bond acceptors (Lipinski definition) is 6. The van der Waals surface area contributed by atoms with Gasteiger partial charge in [-0.2, -0.15) is 0 Å². The zero-order valence-electron chi connectivity index (χ0n) is 48.8. The molecule has 0 spiro atoms. The van der Waals surface area contributed by atoms with Gasteiger partial charge in [0, 0.05) is 19.3 Å². The topological polar surface area (TPSA) is 78.9 Å². The van der Waals surface area contributed by atoms with Crippen LogP contribution in [0.1, 0.15) is 278 Å². The molecule has 426 valence electrons. The van der Waals surface area contributed by atoms with Gasteiger partial charge < -0.3 is 14.2 Å². The van der Waals surface area contributed by atoms with Gasteiger partial charge in [-0.15, -0.1) is 0 Å². The Morgan fingerprint density at radius 3 is 0.893 bits per heavy atom. The molecule has 0 aliphatic rings. The summed E-state index contributed by atoms with van der Waals surface area (Å²) in [6.07, 6.45) is 86.4. The third-order valence-corrected chi connectivity index (χ3v) is 13.0. The maximum atomic E-state index is 12.9. The van der Waals surface area contributed by atoms with Crippen LogP contribution >= 0.6 is 0 Å². The summed E-state index contributed by atoms with van der Waals surface area (Å²) >= 11 is 0. The molecular formula is C69H114O6. The third kappa shape index (κ3) is 60.6. The van der Waals surface area contributed by atoms with Crippen molar-refractivity contribution in [1.82, 2.24) is 0 Å². The molecule has 0 heterocycles. The number of esters is 3. The van der Waals surface area contributed by atoms with Crippen molar-refractivity contribution < 1.29 is 28.6 Å². The van der Waals surface area contributed by atoms with Gasteiger partial charge >= 0.3 is 17.9 Å². The number of rotatable bonds is 55. The molecule has 0 saturated carbocycles. The second-order valence-electron chi connectivity index (χ2n) is 20.2. The van der Waals surface area contributed by atoms with E-state index < -0.39 is 6.10 Å². The molecule has 0 aliphatic heterocycles. The van der Waals surface area contributed by atoms with Gasteiger partial charge in [-0.1, -0.05) is 284 Å². The van der Waals surface area contributed by atoms with Gasteiger partial charge in [0.05, 0.1) is 0 Å². The van der Waals surface area contributed by atoms with Crippen LogP contribution in [0.25, 0.3) is 0 Å². The molecule has 0 amide bonds. The summed E-state index contributed by atoms with van der Waals surface area (Å²) in [5.74, 6) is -1.00. The molecule has 6 nitrogen and oxygen atoms in total. The lowest BCUT2D eigenvalue weighted by atomic mass is 10.0. The summed E-state index contributed by atoms with van der Waals surface area (Å²) in [6.45, 7) is 6.36. The molecule has 0 aromatic carbocycles. The fourth-order valence-corrected chi connectivity index (χ4v) is 8.40. The predicted octanol–water partition coefficient (Wildman–Crippen LogP) is 21.2. The fraction of sp³-hybridized carbons (Fsp3) is 0.667. The summed E-state index contributed by atoms with van der Waals surface area (Å²) in [5.41, 5.74) is 0. The van der Waals surface area contributed by atoms with Crippen LogP contribution in [-0.4, -0.2) is 37.2 Å². The molecule has 0 radical (unpaired) electrons. The van der Waals surface area contributed by atoms with Crippen molar-refractivity contribution in [2.24, 2.45) is 0 Å². The number of unbranched alkanes of at least 4 members (excludes halogenated alkanes) is 24. The molecule has 0 fully saturated rings. The molecule has 0 rings (SSSR count). The van der Waals surface area contributed by atoms with Crippen molar-refractivity contribution in [1.29, 1.82) is 0 Å². The van der Waals surface area contributed by atoms with E-state index in [4.69, 9.17) is 14.2 Å². The highest BCUT2D eigenvalue weighted by Crippen LogP contribution is 2.16. The molecule has 0 N–H and O–H groups in total. The van der Waals surface area contributed by atoms with Crippen LogP contribution in [0.5, 0.6) is 0 Å². The Morgan fingerprint density at radius 2 is 0.547 bits per heavy atom. The molecule has 0 aromatic rings. The van der Waals surface area contributed by atoms with Gasteiger partial charge in [0.25, 0.3) is 0 Å². The number of carbonyl (C=O) groups is 3. The highest BCUT2D eigenvalue weighted by molar-refractivity contribution is 5.71. The largest absolute Gasteiger partial charge is 0.462 e. The summed E-state index contributed by atoms with van der Waals surface area (Å²) in [4.78, 5) is 38.3. The van der Waals surface area contributed by atoms with E-state index in [1.54, 1.807) is 0 Å². The Labute approximate surface area is 462 Å². The Morgan fingerprint density at radius 1 is 0.280 bits per heavy atom. The van der Waals surface area contributed by atoms with Crippen molar-refractivity contribution >= 4 is 17.9 Å². The maximum absolute atomic E-state index is 12.9. The van der Waals surface area contributed by atoms with Crippen LogP contribution in [0.4, 0.5) is 0 Å². The number of hydrogen-bond donors (Lipinski definition) is 0. The quantitative estimate of drug-likeness (QED) is 0.0261. The molecule has 0 bridgehead atoms. The zero-order chi connectivity index (χ0) is 54.3. The van der Waals surface area contributed by atoms with Crippen molar-refractivity contribution in [3.05, 3.63) is 122 Å². The number of carbonyl (C=O) groups excluding carboxylic acids is 3. The average Bonchev–Trinajstić information content (AvgIpc) is 3.41. The highest BCUT2D eigenvalue weighted by Gasteiger charge is 2.19. The number of allylic oxidation sites excluding steroid dienone is 20. The zero-order valence-corrected chi connectivity index (χ0v) is 48.8. The standard InChI is InChI=1S/C69H114O6/c1-4-7-10-13-16-19-22-25-28-31-34-37-40-43-46-49-52-55-58-61-67(70)73-64-66(75-69(72)63-60-57-54-51-48-45-42-39-36-33-30-27-24-21-18-15-12-9-6-3)65-74-68(71)62-59-56-53-50-47-44-41-38-35-32-29-26-23-20-17-14-11-8-5-2/h7,9-10,12,16,18-19,21,25,27-28,30,34,36-37,39,43,46,52,55,66H,4-6,8,11,13-15,17,20,22-24,26,29,31-33,35,38,40-42,44-45,47-51,53-54,56-65H2,1-3H3/b10-7-,12-9-,19-16-,21-18-,28-25-,30-27-,37-34-,39-36-,46-43-,55-52-. The van der Waals surface area contributed by atoms with Gasteiger partial charge in [0.2, 0.25) is 0 Å². The van der Waals surface area contributed by atoms with Crippen LogP contribution in [0.2, 0.25) is 0 Å². The smallest absolute Gasteiger partial charge is 0.306 e. The first-order chi connectivity index (χ1) is 37.0. The second kappa shape index (κ2) is 62.4. The lowest BCUT2D eigenvalue weighted by molar-refractivity contribution is -0.166. The SMILES string of the molecule is CC/C=C\C/C=C\C/C=C\C/C=C\C/C=C\C/C=C\CCC(=O)OCC(COC(=O)CCCCCCCCCCCCCCCCCCCCC)OC(=O)CCCCCCCC/C=C\C/C=C\C/C=C\C/C=C\CC. The summed E-state index contributed by atoms with van der Waals surface area (Å²) in [7, 11) is 0. The fourth-order valence-electron chi connectivity index (χ4n) is 8.40. The van der Waals surface area contributed by atoms with E-state index in [1.165, 1.54) is 116 Å². The van der Waals surface area contributed by atoms with Crippen LogP contribution in [0.15, 0.2) is 122 Å². The van der Waals surface area contributed by atoms with Crippen LogP contribution in [-0.2, 0) is 28.6 Å². The Kier molecular flexibility index (Phi) is 58.9. The first-order valence-corrected chi connectivity index (χ1v) is 31.0. The maximum Gasteiger partial charge on any atom is 0.306 e. The molecular weight excluding hydrogens is 925 g/mol. The van der Waals surface area contributed by atoms with E-state index in [0.29, 0.717) is 19.3 Å². The van der Waals surface area contributed by atoms with E-state index >= 15 is 0 Å². The van der Waals surface area contributed by atoms with Crippen molar-refractivity contribution in [3.63, 3.8) is 0 Å². The molecule has 1 atom stereocenters. The van der Waals surface area contributed by atoms with Gasteiger partial charge in [-0.05, 0) is 96.3 Å². The molecule has 0 aromatic heterocycles. The lowest BCUT2D eigenvalue weighted by Crippen LogP contribution is -2.30. The van der Waals surface area contributed by atoms with Gasteiger partial charge in [0.15, 0.2) is 6.10 Å². The molecule has 0 saturated heterocycles. The Bertz CT molecular complexity index is 1570. The number of ether oxygens (including phenoxy) is 3. The van der Waals surface area contributed by atoms with E-state index in [1.807, 2.05) is 6.08 Å². The van der Waals surface area contributed by atoms with Crippen LogP contribution in [0, 0.1) is 0 Å². The summed E-state index contributed by atoms with van der Waals surface area (Å²) in [5, 5.41) is 0. The highest BCUT2D eigenvalue weighted by atomic mass is 16.6. The van der Waals surface area contributed by atoms with E-state index in [0.717, 1.165) is 116 Å². The third-order valence-electron chi connectivity index (χ3n) is 13.0. The molecule has 0 aliphatic carbocycles. The molecule has 1 unspecified atom stereocenters. The second-order valence-corrected chi connectivity index (χ2v) is 20.2. The lowest BCUT2D eigenvalue weighted by Gasteiger charge is -2.18. The van der Waals surface area contributed by atoms with E-state index in [-0.39, 0.29) is 37.5 Å². The van der Waals surface area contributed by atoms with Crippen molar-refractivity contribution in [3.8, 4) is 0 Å². The molecule has 6 heteroatoms. The van der Waals surface area contributed by atoms with E-state index in [9.17, 15) is 14.4 Å². The van der Waals surface area contributed by atoms with Crippen molar-refractivity contribution in [2.75, 3.05) is 13.2 Å². The van der Waals surface area contributed by atoms with Crippen LogP contribution in [0.3, 0.4) is 0 Å². The Hall–Kier alpha value is -4.19. The van der Waals surface area contributed by atoms with Crippen LogP contribution < -0.4 is 0 Å². The Balaban J connectivity index is 4.51. The molecule has 75 heavy (non-hydrogen) atoms. The van der Waals surface area contributed by atoms with Gasteiger partial charge in [0.1, 0.15) is 13.2 Å². The van der Waals surface area contributed by atoms with E-state index in [2.05, 4.69) is 136 Å². The summed E-state index contributed by atoms with van der Waals surface area (Å²) in [6, 6.07) is 0. The minimum absolute atomic E-state index is 0.108. The predicted molar refractivity (Wildman–Crippen MR) is 325 cm³/mol. The minimum Gasteiger partial charge on any atom is -0.462 e. The monoisotopic (exact) mass is 1040 g/mol. The van der Waals surface area contributed by atoms with Gasteiger partial charge in [-0.3, -0.25) is 14.4 Å². The minimum atomic E-state index is -0.820. The summed E-state index contributed by atoms with van der Waals surface area (Å²) < 4.78 is 16.8. The normalized spacial score (nSPS) is 12.9. The van der Waals surface area contributed by atoms with Gasteiger partial charge in [-0.25, -0.2) is 0 Å². The first-order valence-electron chi connectivity index (χ1n) is 31.0. The van der Waals surface area contributed by atoms with Crippen molar-refractivity contribution in [2.45, 2.75) is 284 Å².